The van der Waals surface area contributed by atoms with Gasteiger partial charge in [0, 0.05) is 16.5 Å². The highest BCUT2D eigenvalue weighted by Crippen LogP contribution is 2.35. The zero-order valence-corrected chi connectivity index (χ0v) is 24.6. The van der Waals surface area contributed by atoms with Crippen LogP contribution in [0.1, 0.15) is 5.56 Å². The van der Waals surface area contributed by atoms with Crippen LogP contribution >= 0.6 is 0 Å². The summed E-state index contributed by atoms with van der Waals surface area (Å²) in [6.07, 6.45) is 0. The summed E-state index contributed by atoms with van der Waals surface area (Å²) in [5, 5.41) is 2.54. The average molecular weight is 562 g/mol. The van der Waals surface area contributed by atoms with Crippen LogP contribution in [0.25, 0.3) is 72.0 Å². The number of nitrogens with zero attached hydrogens (tertiary/aromatic N) is 1. The molecule has 7 aromatic carbocycles. The summed E-state index contributed by atoms with van der Waals surface area (Å²) in [6, 6.07) is 61.6. The lowest BCUT2D eigenvalue weighted by Crippen LogP contribution is -1.92. The van der Waals surface area contributed by atoms with Crippen molar-refractivity contribution in [2.24, 2.45) is 0 Å². The molecule has 0 radical (unpaired) electrons. The lowest BCUT2D eigenvalue weighted by Gasteiger charge is -2.09. The minimum atomic E-state index is 1.18. The number of rotatable bonds is 5. The smallest absolute Gasteiger partial charge is 0.0541 e. The van der Waals surface area contributed by atoms with Gasteiger partial charge >= 0.3 is 0 Å². The third-order valence-corrected chi connectivity index (χ3v) is 8.73. The Bertz CT molecular complexity index is 2220. The molecule has 0 atom stereocenters. The maximum absolute atomic E-state index is 2.36. The van der Waals surface area contributed by atoms with Gasteiger partial charge in [0.1, 0.15) is 0 Å². The van der Waals surface area contributed by atoms with Crippen LogP contribution in [0, 0.1) is 6.92 Å². The number of hydrogen-bond acceptors (Lipinski definition) is 0. The first-order valence-corrected chi connectivity index (χ1v) is 15.2. The molecule has 0 unspecified atom stereocenters. The molecule has 208 valence electrons. The van der Waals surface area contributed by atoms with Crippen molar-refractivity contribution in [2.75, 3.05) is 0 Å². The molecule has 1 aromatic heterocycles. The topological polar surface area (TPSA) is 4.93 Å². The summed E-state index contributed by atoms with van der Waals surface area (Å²) in [5.74, 6) is 0. The summed E-state index contributed by atoms with van der Waals surface area (Å²) >= 11 is 0. The van der Waals surface area contributed by atoms with Crippen LogP contribution in [-0.2, 0) is 0 Å². The number of aromatic nitrogens is 1. The molecule has 44 heavy (non-hydrogen) atoms. The van der Waals surface area contributed by atoms with Crippen molar-refractivity contribution in [3.8, 4) is 50.2 Å². The second kappa shape index (κ2) is 10.9. The molecule has 0 aliphatic carbocycles. The second-order valence-corrected chi connectivity index (χ2v) is 11.5. The van der Waals surface area contributed by atoms with E-state index in [9.17, 15) is 0 Å². The lowest BCUT2D eigenvalue weighted by atomic mass is 9.96. The monoisotopic (exact) mass is 561 g/mol. The van der Waals surface area contributed by atoms with Crippen molar-refractivity contribution in [1.29, 1.82) is 0 Å². The molecule has 0 amide bonds. The Morgan fingerprint density at radius 3 is 1.23 bits per heavy atom. The molecule has 8 rings (SSSR count). The molecule has 0 aliphatic heterocycles. The Labute approximate surface area is 258 Å². The van der Waals surface area contributed by atoms with Crippen molar-refractivity contribution in [3.63, 3.8) is 0 Å². The minimum absolute atomic E-state index is 1.18. The van der Waals surface area contributed by atoms with Crippen LogP contribution in [0.3, 0.4) is 0 Å². The van der Waals surface area contributed by atoms with Gasteiger partial charge in [-0.15, -0.1) is 0 Å². The highest BCUT2D eigenvalue weighted by Gasteiger charge is 2.13. The molecule has 0 saturated heterocycles. The van der Waals surface area contributed by atoms with Crippen molar-refractivity contribution < 1.29 is 0 Å². The molecule has 1 heterocycles. The maximum atomic E-state index is 2.36. The molecule has 1 nitrogen and oxygen atoms in total. The molecule has 0 spiro atoms. The predicted octanol–water partition coefficient (Wildman–Crippen LogP) is 11.8. The summed E-state index contributed by atoms with van der Waals surface area (Å²) in [6.45, 7) is 2.12. The van der Waals surface area contributed by atoms with Gasteiger partial charge in [0.25, 0.3) is 0 Å². The van der Waals surface area contributed by atoms with Gasteiger partial charge < -0.3 is 4.57 Å². The minimum Gasteiger partial charge on any atom is -0.309 e. The summed E-state index contributed by atoms with van der Waals surface area (Å²) in [7, 11) is 0. The number of benzene rings is 7. The zero-order chi connectivity index (χ0) is 29.5. The Morgan fingerprint density at radius 2 is 0.705 bits per heavy atom. The third-order valence-electron chi connectivity index (χ3n) is 8.73. The highest BCUT2D eigenvalue weighted by atomic mass is 15.0. The first-order chi connectivity index (χ1) is 21.7. The molecular weight excluding hydrogens is 530 g/mol. The summed E-state index contributed by atoms with van der Waals surface area (Å²) < 4.78 is 2.36. The molecule has 0 aliphatic rings. The number of fused-ring (bicyclic) bond motifs is 3. The lowest BCUT2D eigenvalue weighted by molar-refractivity contribution is 1.18. The van der Waals surface area contributed by atoms with Gasteiger partial charge in [-0.25, -0.2) is 0 Å². The first kappa shape index (κ1) is 26.0. The van der Waals surface area contributed by atoms with Gasteiger partial charge in [-0.2, -0.15) is 0 Å². The summed E-state index contributed by atoms with van der Waals surface area (Å²) in [4.78, 5) is 0. The van der Waals surface area contributed by atoms with Crippen LogP contribution in [0.5, 0.6) is 0 Å². The summed E-state index contributed by atoms with van der Waals surface area (Å²) in [5.41, 5.74) is 14.7. The van der Waals surface area contributed by atoms with Crippen molar-refractivity contribution in [1.82, 2.24) is 4.57 Å². The van der Waals surface area contributed by atoms with Crippen LogP contribution in [0.15, 0.2) is 170 Å². The molecule has 0 bridgehead atoms. The normalized spacial score (nSPS) is 11.3. The van der Waals surface area contributed by atoms with E-state index in [1.807, 2.05) is 0 Å². The van der Waals surface area contributed by atoms with Crippen molar-refractivity contribution in [2.45, 2.75) is 6.92 Å². The Morgan fingerprint density at radius 1 is 0.318 bits per heavy atom. The predicted molar refractivity (Wildman–Crippen MR) is 187 cm³/mol. The Balaban J connectivity index is 1.06. The standard InChI is InChI=1S/C43H31N/c1-30-11-13-31(14-12-30)32-15-17-33(18-16-32)34-19-21-35(22-20-34)36-23-25-37(26-24-36)38-27-28-43-41(29-38)40-9-5-6-10-42(40)44(43)39-7-3-2-4-8-39/h2-29H,1H3. The Kier molecular flexibility index (Phi) is 6.43. The van der Waals surface area contributed by atoms with Crippen molar-refractivity contribution >= 4 is 21.8 Å². The van der Waals surface area contributed by atoms with Crippen LogP contribution < -0.4 is 0 Å². The highest BCUT2D eigenvalue weighted by molar-refractivity contribution is 6.10. The van der Waals surface area contributed by atoms with E-state index in [0.717, 1.165) is 0 Å². The van der Waals surface area contributed by atoms with E-state index in [4.69, 9.17) is 0 Å². The molecule has 0 saturated carbocycles. The molecule has 0 N–H and O–H groups in total. The number of hydrogen-bond donors (Lipinski definition) is 0. The van der Waals surface area contributed by atoms with Gasteiger partial charge in [0.15, 0.2) is 0 Å². The van der Waals surface area contributed by atoms with E-state index in [1.54, 1.807) is 0 Å². The second-order valence-electron chi connectivity index (χ2n) is 11.5. The zero-order valence-electron chi connectivity index (χ0n) is 24.6. The average Bonchev–Trinajstić information content (AvgIpc) is 3.43. The number of aryl methyl sites for hydroxylation is 1. The molecular formula is C43H31N. The quantitative estimate of drug-likeness (QED) is 0.197. The fourth-order valence-electron chi connectivity index (χ4n) is 6.32. The van der Waals surface area contributed by atoms with E-state index in [0.29, 0.717) is 0 Å². The SMILES string of the molecule is Cc1ccc(-c2ccc(-c3ccc(-c4ccc(-c5ccc6c(c5)c5ccccc5n6-c5ccccc5)cc4)cc3)cc2)cc1. The van der Waals surface area contributed by atoms with E-state index in [1.165, 1.54) is 77.6 Å². The maximum Gasteiger partial charge on any atom is 0.0541 e. The third kappa shape index (κ3) is 4.69. The van der Waals surface area contributed by atoms with Crippen LogP contribution in [0.2, 0.25) is 0 Å². The van der Waals surface area contributed by atoms with Crippen LogP contribution in [0.4, 0.5) is 0 Å². The van der Waals surface area contributed by atoms with E-state index in [2.05, 4.69) is 181 Å². The van der Waals surface area contributed by atoms with Gasteiger partial charge in [0.05, 0.1) is 11.0 Å². The van der Waals surface area contributed by atoms with Gasteiger partial charge in [-0.1, -0.05) is 145 Å². The molecule has 1 heteroatoms. The molecule has 8 aromatic rings. The fourth-order valence-corrected chi connectivity index (χ4v) is 6.32. The fraction of sp³-hybridized carbons (Fsp3) is 0.0233. The van der Waals surface area contributed by atoms with E-state index < -0.39 is 0 Å². The van der Waals surface area contributed by atoms with Crippen molar-refractivity contribution in [3.05, 3.63) is 175 Å². The van der Waals surface area contributed by atoms with Crippen LogP contribution in [-0.4, -0.2) is 4.57 Å². The number of para-hydroxylation sites is 2. The van der Waals surface area contributed by atoms with Gasteiger partial charge in [-0.3, -0.25) is 0 Å². The van der Waals surface area contributed by atoms with Gasteiger partial charge in [0.2, 0.25) is 0 Å². The molecule has 0 fully saturated rings. The van der Waals surface area contributed by atoms with Gasteiger partial charge in [-0.05, 0) is 81.8 Å². The first-order valence-electron chi connectivity index (χ1n) is 15.2. The van der Waals surface area contributed by atoms with E-state index >= 15 is 0 Å². The largest absolute Gasteiger partial charge is 0.309 e. The van der Waals surface area contributed by atoms with E-state index in [-0.39, 0.29) is 0 Å². The Hall–Kier alpha value is -5.66.